The largest absolute Gasteiger partial charge is 0.505 e. The van der Waals surface area contributed by atoms with Crippen LogP contribution in [0.25, 0.3) is 0 Å². The Balaban J connectivity index is 2.37. The van der Waals surface area contributed by atoms with E-state index in [-0.39, 0.29) is 17.1 Å². The maximum Gasteiger partial charge on any atom is 0.165 e. The summed E-state index contributed by atoms with van der Waals surface area (Å²) in [5.41, 5.74) is 6.41. The second kappa shape index (κ2) is 3.20. The average molecular weight is 209 g/mol. The van der Waals surface area contributed by atoms with Crippen LogP contribution in [0.1, 0.15) is 25.3 Å². The van der Waals surface area contributed by atoms with Crippen molar-refractivity contribution in [2.24, 2.45) is 17.1 Å². The summed E-state index contributed by atoms with van der Waals surface area (Å²) in [5.74, 6) is -0.249. The van der Waals surface area contributed by atoms with Crippen LogP contribution in [-0.2, 0) is 0 Å². The van der Waals surface area contributed by atoms with Crippen LogP contribution in [0.15, 0.2) is 18.2 Å². The Morgan fingerprint density at radius 1 is 1.47 bits per heavy atom. The maximum atomic E-state index is 13.2. The third kappa shape index (κ3) is 1.42. The van der Waals surface area contributed by atoms with Gasteiger partial charge >= 0.3 is 0 Å². The lowest BCUT2D eigenvalue weighted by Crippen LogP contribution is -2.05. The first-order valence-electron chi connectivity index (χ1n) is 5.17. The van der Waals surface area contributed by atoms with Crippen molar-refractivity contribution >= 4 is 0 Å². The highest BCUT2D eigenvalue weighted by Gasteiger charge is 2.58. The lowest BCUT2D eigenvalue weighted by molar-refractivity contribution is 0.423. The number of phenols is 1. The van der Waals surface area contributed by atoms with Gasteiger partial charge in [-0.15, -0.1) is 0 Å². The summed E-state index contributed by atoms with van der Waals surface area (Å²) in [6.07, 6.45) is 0. The highest BCUT2D eigenvalue weighted by atomic mass is 19.1. The summed E-state index contributed by atoms with van der Waals surface area (Å²) in [6.45, 7) is 4.77. The molecule has 3 heteroatoms. The molecule has 0 bridgehead atoms. The van der Waals surface area contributed by atoms with Gasteiger partial charge in [0.1, 0.15) is 0 Å². The molecule has 0 aliphatic heterocycles. The molecule has 0 heterocycles. The summed E-state index contributed by atoms with van der Waals surface area (Å²) < 4.78 is 13.2. The van der Waals surface area contributed by atoms with Crippen molar-refractivity contribution in [3.63, 3.8) is 0 Å². The van der Waals surface area contributed by atoms with Crippen molar-refractivity contribution in [2.45, 2.75) is 19.8 Å². The zero-order valence-electron chi connectivity index (χ0n) is 9.00. The predicted octanol–water partition coefficient (Wildman–Crippen LogP) is 2.23. The van der Waals surface area contributed by atoms with Gasteiger partial charge in [0.05, 0.1) is 0 Å². The van der Waals surface area contributed by atoms with Crippen LogP contribution in [0.3, 0.4) is 0 Å². The molecular weight excluding hydrogens is 193 g/mol. The van der Waals surface area contributed by atoms with Crippen molar-refractivity contribution in [1.29, 1.82) is 0 Å². The van der Waals surface area contributed by atoms with Gasteiger partial charge < -0.3 is 10.8 Å². The Labute approximate surface area is 88.9 Å². The number of nitrogens with two attached hydrogens (primary N) is 1. The van der Waals surface area contributed by atoms with E-state index in [0.29, 0.717) is 18.0 Å². The molecule has 2 rings (SSSR count). The molecule has 2 nitrogen and oxygen atoms in total. The maximum absolute atomic E-state index is 13.2. The van der Waals surface area contributed by atoms with Crippen molar-refractivity contribution in [1.82, 2.24) is 0 Å². The van der Waals surface area contributed by atoms with Crippen molar-refractivity contribution < 1.29 is 9.50 Å². The number of benzene rings is 1. The molecule has 2 atom stereocenters. The van der Waals surface area contributed by atoms with E-state index < -0.39 is 5.82 Å². The summed E-state index contributed by atoms with van der Waals surface area (Å²) in [4.78, 5) is 0. The molecular formula is C12H16FNO. The smallest absolute Gasteiger partial charge is 0.165 e. The molecule has 1 aromatic carbocycles. The lowest BCUT2D eigenvalue weighted by atomic mass is 10.0. The summed E-state index contributed by atoms with van der Waals surface area (Å²) >= 11 is 0. The number of halogens is 1. The van der Waals surface area contributed by atoms with Gasteiger partial charge in [-0.3, -0.25) is 0 Å². The first-order valence-corrected chi connectivity index (χ1v) is 5.17. The van der Waals surface area contributed by atoms with E-state index in [9.17, 15) is 9.50 Å². The van der Waals surface area contributed by atoms with Gasteiger partial charge in [-0.05, 0) is 29.9 Å². The van der Waals surface area contributed by atoms with Gasteiger partial charge in [0.2, 0.25) is 0 Å². The molecule has 1 aliphatic carbocycles. The Kier molecular flexibility index (Phi) is 2.23. The van der Waals surface area contributed by atoms with Crippen molar-refractivity contribution in [2.75, 3.05) is 6.54 Å². The van der Waals surface area contributed by atoms with E-state index in [1.807, 2.05) is 0 Å². The van der Waals surface area contributed by atoms with Crippen LogP contribution >= 0.6 is 0 Å². The molecule has 2 unspecified atom stereocenters. The Morgan fingerprint density at radius 3 is 2.67 bits per heavy atom. The quantitative estimate of drug-likeness (QED) is 0.784. The number of hydrogen-bond acceptors (Lipinski definition) is 2. The van der Waals surface area contributed by atoms with Gasteiger partial charge in [-0.2, -0.15) is 0 Å². The predicted molar refractivity (Wildman–Crippen MR) is 57.1 cm³/mol. The normalized spacial score (nSPS) is 27.7. The topological polar surface area (TPSA) is 46.2 Å². The van der Waals surface area contributed by atoms with E-state index in [4.69, 9.17) is 5.73 Å². The summed E-state index contributed by atoms with van der Waals surface area (Å²) in [5, 5.41) is 9.64. The van der Waals surface area contributed by atoms with Crippen molar-refractivity contribution in [3.05, 3.63) is 29.6 Å². The second-order valence-corrected chi connectivity index (χ2v) is 4.82. The Morgan fingerprint density at radius 2 is 2.13 bits per heavy atom. The Hall–Kier alpha value is -1.09. The number of phenolic OH excluding ortho intramolecular Hbond substituents is 1. The van der Waals surface area contributed by atoms with Crippen LogP contribution in [-0.4, -0.2) is 11.7 Å². The second-order valence-electron chi connectivity index (χ2n) is 4.82. The highest BCUT2D eigenvalue weighted by molar-refractivity contribution is 5.42. The monoisotopic (exact) mass is 209 g/mol. The zero-order chi connectivity index (χ0) is 11.2. The molecule has 0 radical (unpaired) electrons. The summed E-state index contributed by atoms with van der Waals surface area (Å²) in [7, 11) is 0. The average Bonchev–Trinajstić information content (AvgIpc) is 2.73. The fourth-order valence-corrected chi connectivity index (χ4v) is 2.58. The van der Waals surface area contributed by atoms with E-state index in [1.165, 1.54) is 6.07 Å². The molecule has 0 saturated heterocycles. The minimum Gasteiger partial charge on any atom is -0.505 e. The molecule has 82 valence electrons. The Bertz CT molecular complexity index is 389. The molecule has 3 N–H and O–H groups in total. The molecule has 0 aromatic heterocycles. The van der Waals surface area contributed by atoms with Gasteiger partial charge in [-0.25, -0.2) is 4.39 Å². The molecule has 1 saturated carbocycles. The van der Waals surface area contributed by atoms with Crippen LogP contribution in [0.4, 0.5) is 4.39 Å². The van der Waals surface area contributed by atoms with E-state index in [1.54, 1.807) is 12.1 Å². The first-order chi connectivity index (χ1) is 7.00. The van der Waals surface area contributed by atoms with E-state index >= 15 is 0 Å². The van der Waals surface area contributed by atoms with Gasteiger partial charge in [0, 0.05) is 5.56 Å². The van der Waals surface area contributed by atoms with Crippen LogP contribution in [0.5, 0.6) is 5.75 Å². The first kappa shape index (κ1) is 10.4. The van der Waals surface area contributed by atoms with Crippen LogP contribution in [0, 0.1) is 17.2 Å². The van der Waals surface area contributed by atoms with Crippen molar-refractivity contribution in [3.8, 4) is 5.75 Å². The van der Waals surface area contributed by atoms with Gasteiger partial charge in [-0.1, -0.05) is 26.0 Å². The number of hydrogen-bond donors (Lipinski definition) is 2. The minimum absolute atomic E-state index is 0.0695. The third-order valence-electron chi connectivity index (χ3n) is 3.66. The molecule has 15 heavy (non-hydrogen) atoms. The molecule has 1 fully saturated rings. The fraction of sp³-hybridized carbons (Fsp3) is 0.500. The van der Waals surface area contributed by atoms with E-state index in [0.717, 1.165) is 0 Å². The lowest BCUT2D eigenvalue weighted by Gasteiger charge is -2.06. The standard InChI is InChI=1S/C12H16FNO/c1-12(2)8(6-14)10(12)7-4-3-5-9(13)11(7)15/h3-5,8,10,15H,6,14H2,1-2H3. The number of rotatable bonds is 2. The SMILES string of the molecule is CC1(C)C(CN)C1c1cccc(F)c1O. The van der Waals surface area contributed by atoms with Gasteiger partial charge in [0.15, 0.2) is 11.6 Å². The molecule has 1 aromatic rings. The molecule has 0 amide bonds. The zero-order valence-corrected chi connectivity index (χ0v) is 9.00. The number of para-hydroxylation sites is 1. The number of aromatic hydroxyl groups is 1. The van der Waals surface area contributed by atoms with Crippen LogP contribution < -0.4 is 5.73 Å². The molecule has 1 aliphatic rings. The minimum atomic E-state index is -0.550. The third-order valence-corrected chi connectivity index (χ3v) is 3.66. The van der Waals surface area contributed by atoms with Crippen LogP contribution in [0.2, 0.25) is 0 Å². The summed E-state index contributed by atoms with van der Waals surface area (Å²) in [6, 6.07) is 4.68. The highest BCUT2D eigenvalue weighted by Crippen LogP contribution is 2.65. The molecule has 0 spiro atoms. The van der Waals surface area contributed by atoms with E-state index in [2.05, 4.69) is 13.8 Å². The fourth-order valence-electron chi connectivity index (χ4n) is 2.58. The van der Waals surface area contributed by atoms with Gasteiger partial charge in [0.25, 0.3) is 0 Å².